The fraction of sp³-hybridized carbons (Fsp3) is 0.227. The van der Waals surface area contributed by atoms with E-state index in [2.05, 4.69) is 16.4 Å². The summed E-state index contributed by atoms with van der Waals surface area (Å²) in [5.41, 5.74) is 2.30. The van der Waals surface area contributed by atoms with E-state index >= 15 is 0 Å². The van der Waals surface area contributed by atoms with Crippen molar-refractivity contribution in [2.45, 2.75) is 19.3 Å². The molecule has 3 aromatic rings. The molecule has 2 aromatic heterocycles. The molecule has 1 aliphatic heterocycles. The predicted octanol–water partition coefficient (Wildman–Crippen LogP) is 4.40. The number of benzene rings is 1. The second-order valence-electron chi connectivity index (χ2n) is 6.91. The molecule has 2 N–H and O–H groups in total. The van der Waals surface area contributed by atoms with Crippen molar-refractivity contribution >= 4 is 57.1 Å². The minimum Gasteiger partial charge on any atom is -0.361 e. The van der Waals surface area contributed by atoms with Crippen LogP contribution in [0.3, 0.4) is 0 Å². The Labute approximate surface area is 182 Å². The van der Waals surface area contributed by atoms with Crippen LogP contribution in [0.4, 0.5) is 4.79 Å². The van der Waals surface area contributed by atoms with Crippen molar-refractivity contribution < 1.29 is 14.4 Å². The van der Waals surface area contributed by atoms with Crippen molar-refractivity contribution in [2.24, 2.45) is 0 Å². The van der Waals surface area contributed by atoms with Gasteiger partial charge in [-0.25, -0.2) is 0 Å². The summed E-state index contributed by atoms with van der Waals surface area (Å²) < 4.78 is 0. The maximum Gasteiger partial charge on any atom is 0.293 e. The van der Waals surface area contributed by atoms with Crippen LogP contribution in [0, 0.1) is 0 Å². The van der Waals surface area contributed by atoms with Gasteiger partial charge in [-0.15, -0.1) is 11.3 Å². The number of aryl methyl sites for hydroxylation is 1. The summed E-state index contributed by atoms with van der Waals surface area (Å²) in [5.74, 6) is -0.372. The number of carbonyl (C=O) groups excluding carboxylic acids is 3. The van der Waals surface area contributed by atoms with Gasteiger partial charge >= 0.3 is 0 Å². The summed E-state index contributed by atoms with van der Waals surface area (Å²) in [6.45, 7) is 0.441. The van der Waals surface area contributed by atoms with Gasteiger partial charge in [0.1, 0.15) is 0 Å². The van der Waals surface area contributed by atoms with E-state index in [9.17, 15) is 14.4 Å². The first-order valence-electron chi connectivity index (χ1n) is 9.72. The van der Waals surface area contributed by atoms with Gasteiger partial charge in [0, 0.05) is 41.5 Å². The summed E-state index contributed by atoms with van der Waals surface area (Å²) in [4.78, 5) is 42.5. The van der Waals surface area contributed by atoms with Gasteiger partial charge in [0.25, 0.3) is 11.1 Å². The Bertz CT molecular complexity index is 1100. The number of hydrogen-bond donors (Lipinski definition) is 2. The van der Waals surface area contributed by atoms with Crippen molar-refractivity contribution in [1.82, 2.24) is 15.2 Å². The molecule has 0 radical (unpaired) electrons. The van der Waals surface area contributed by atoms with Gasteiger partial charge in [-0.1, -0.05) is 24.3 Å². The van der Waals surface area contributed by atoms with Gasteiger partial charge in [0.15, 0.2) is 0 Å². The lowest BCUT2D eigenvalue weighted by Crippen LogP contribution is -2.37. The van der Waals surface area contributed by atoms with Crippen LogP contribution in [-0.2, 0) is 16.0 Å². The quantitative estimate of drug-likeness (QED) is 0.510. The van der Waals surface area contributed by atoms with Crippen LogP contribution < -0.4 is 5.32 Å². The van der Waals surface area contributed by atoms with Gasteiger partial charge < -0.3 is 10.3 Å². The van der Waals surface area contributed by atoms with Crippen LogP contribution in [0.5, 0.6) is 0 Å². The number of thioether (sulfide) groups is 1. The molecule has 0 aliphatic carbocycles. The van der Waals surface area contributed by atoms with E-state index < -0.39 is 0 Å². The normalized spacial score (nSPS) is 15.5. The highest BCUT2D eigenvalue weighted by atomic mass is 32.2. The van der Waals surface area contributed by atoms with Crippen molar-refractivity contribution in [2.75, 3.05) is 13.1 Å². The molecule has 4 rings (SSSR count). The average molecular weight is 440 g/mol. The van der Waals surface area contributed by atoms with Gasteiger partial charge in [-0.2, -0.15) is 0 Å². The van der Waals surface area contributed by atoms with E-state index in [1.165, 1.54) is 27.2 Å². The molecule has 0 bridgehead atoms. The van der Waals surface area contributed by atoms with E-state index in [-0.39, 0.29) is 30.1 Å². The third kappa shape index (κ3) is 4.66. The van der Waals surface area contributed by atoms with Gasteiger partial charge in [-0.05, 0) is 53.8 Å². The number of thiophene rings is 1. The molecule has 1 saturated heterocycles. The van der Waals surface area contributed by atoms with Crippen LogP contribution in [-0.4, -0.2) is 40.0 Å². The molecule has 1 aromatic carbocycles. The molecule has 0 unspecified atom stereocenters. The first-order chi connectivity index (χ1) is 14.6. The van der Waals surface area contributed by atoms with Gasteiger partial charge in [0.05, 0.1) is 4.91 Å². The van der Waals surface area contributed by atoms with Crippen LogP contribution in [0.1, 0.15) is 23.3 Å². The zero-order valence-corrected chi connectivity index (χ0v) is 17.9. The van der Waals surface area contributed by atoms with Crippen molar-refractivity contribution in [3.63, 3.8) is 0 Å². The Hall–Kier alpha value is -2.84. The fourth-order valence-corrected chi connectivity index (χ4v) is 4.96. The molecule has 6 nitrogen and oxygen atoms in total. The Kier molecular flexibility index (Phi) is 6.35. The van der Waals surface area contributed by atoms with E-state index in [0.29, 0.717) is 11.3 Å². The SMILES string of the molecule is O=C(CCCc1c[nH]c2ccccc12)NCCN1C(=O)S/C(=C\c2cccs2)C1=O. The molecular formula is C22H21N3O3S2. The second-order valence-corrected chi connectivity index (χ2v) is 8.88. The molecular weight excluding hydrogens is 418 g/mol. The lowest BCUT2D eigenvalue weighted by atomic mass is 10.1. The molecule has 3 amide bonds. The highest BCUT2D eigenvalue weighted by Gasteiger charge is 2.34. The van der Waals surface area contributed by atoms with Crippen LogP contribution >= 0.6 is 23.1 Å². The van der Waals surface area contributed by atoms with Crippen LogP contribution in [0.2, 0.25) is 0 Å². The number of nitrogens with zero attached hydrogens (tertiary/aromatic N) is 1. The molecule has 1 fully saturated rings. The zero-order valence-electron chi connectivity index (χ0n) is 16.2. The molecule has 1 aliphatic rings. The van der Waals surface area contributed by atoms with E-state index in [0.717, 1.165) is 35.0 Å². The first kappa shape index (κ1) is 20.4. The lowest BCUT2D eigenvalue weighted by Gasteiger charge is -2.13. The highest BCUT2D eigenvalue weighted by Crippen LogP contribution is 2.32. The number of hydrogen-bond acceptors (Lipinski definition) is 5. The fourth-order valence-electron chi connectivity index (χ4n) is 3.37. The number of aromatic nitrogens is 1. The topological polar surface area (TPSA) is 82.3 Å². The maximum absolute atomic E-state index is 12.4. The molecule has 0 saturated carbocycles. The predicted molar refractivity (Wildman–Crippen MR) is 121 cm³/mol. The number of para-hydroxylation sites is 1. The first-order valence-corrected chi connectivity index (χ1v) is 11.4. The Morgan fingerprint density at radius 1 is 1.17 bits per heavy atom. The Morgan fingerprint density at radius 3 is 2.87 bits per heavy atom. The zero-order chi connectivity index (χ0) is 20.9. The number of aromatic amines is 1. The van der Waals surface area contributed by atoms with Crippen molar-refractivity contribution in [3.05, 3.63) is 63.3 Å². The van der Waals surface area contributed by atoms with Crippen LogP contribution in [0.15, 0.2) is 52.9 Å². The maximum atomic E-state index is 12.4. The minimum absolute atomic E-state index is 0.0732. The molecule has 0 spiro atoms. The second kappa shape index (κ2) is 9.32. The number of fused-ring (bicyclic) bond motifs is 1. The molecule has 0 atom stereocenters. The number of imide groups is 1. The molecule has 3 heterocycles. The number of carbonyl (C=O) groups is 3. The summed E-state index contributed by atoms with van der Waals surface area (Å²) in [6.07, 6.45) is 5.68. The van der Waals surface area contributed by atoms with Crippen LogP contribution in [0.25, 0.3) is 17.0 Å². The minimum atomic E-state index is -0.299. The Balaban J connectivity index is 1.21. The van der Waals surface area contributed by atoms with Gasteiger partial charge in [-0.3, -0.25) is 19.3 Å². The third-order valence-corrected chi connectivity index (χ3v) is 6.60. The molecule has 8 heteroatoms. The number of rotatable bonds is 8. The number of H-pyrrole nitrogens is 1. The monoisotopic (exact) mass is 439 g/mol. The summed E-state index contributed by atoms with van der Waals surface area (Å²) >= 11 is 2.45. The van der Waals surface area contributed by atoms with Crippen molar-refractivity contribution in [1.29, 1.82) is 0 Å². The van der Waals surface area contributed by atoms with E-state index in [1.807, 2.05) is 41.9 Å². The lowest BCUT2D eigenvalue weighted by molar-refractivity contribution is -0.124. The summed E-state index contributed by atoms with van der Waals surface area (Å²) in [7, 11) is 0. The molecule has 30 heavy (non-hydrogen) atoms. The summed E-state index contributed by atoms with van der Waals surface area (Å²) in [6, 6.07) is 11.9. The summed E-state index contributed by atoms with van der Waals surface area (Å²) in [5, 5.41) is 5.62. The standard InChI is InChI=1S/C22H21N3O3S2/c26-20(9-3-5-15-14-24-18-8-2-1-7-17(15)18)23-10-11-25-21(27)19(30-22(25)28)13-16-6-4-12-29-16/h1-2,4,6-8,12-14,24H,3,5,9-11H2,(H,23,26)/b19-13-. The van der Waals surface area contributed by atoms with E-state index in [4.69, 9.17) is 0 Å². The molecule has 154 valence electrons. The number of nitrogens with one attached hydrogen (secondary N) is 2. The van der Waals surface area contributed by atoms with Crippen molar-refractivity contribution in [3.8, 4) is 0 Å². The largest absolute Gasteiger partial charge is 0.361 e. The third-order valence-electron chi connectivity index (χ3n) is 4.87. The highest BCUT2D eigenvalue weighted by molar-refractivity contribution is 8.18. The smallest absolute Gasteiger partial charge is 0.293 e. The number of amides is 3. The average Bonchev–Trinajstić information content (AvgIpc) is 3.45. The van der Waals surface area contributed by atoms with Gasteiger partial charge in [0.2, 0.25) is 5.91 Å². The van der Waals surface area contributed by atoms with E-state index in [1.54, 1.807) is 6.08 Å². The Morgan fingerprint density at radius 2 is 2.03 bits per heavy atom.